The van der Waals surface area contributed by atoms with Crippen molar-refractivity contribution in [3.63, 3.8) is 0 Å². The fraction of sp³-hybridized carbons (Fsp3) is 0.174. The molecule has 0 saturated heterocycles. The Labute approximate surface area is 168 Å². The lowest BCUT2D eigenvalue weighted by molar-refractivity contribution is 0.101. The first kappa shape index (κ1) is 18.3. The number of hydrogen-bond acceptors (Lipinski definition) is 5. The molecule has 0 fully saturated rings. The van der Waals surface area contributed by atoms with Crippen LogP contribution in [-0.4, -0.2) is 12.9 Å². The molecule has 4 nitrogen and oxygen atoms in total. The number of rotatable bonds is 5. The van der Waals surface area contributed by atoms with Crippen LogP contribution in [-0.2, 0) is 6.61 Å². The molecule has 0 bridgehead atoms. The Morgan fingerprint density at radius 3 is 2.54 bits per heavy atom. The molecule has 2 aromatic carbocycles. The lowest BCUT2D eigenvalue weighted by atomic mass is 10.1. The third-order valence-electron chi connectivity index (χ3n) is 4.75. The van der Waals surface area contributed by atoms with Gasteiger partial charge < -0.3 is 14.2 Å². The molecule has 2 heterocycles. The van der Waals surface area contributed by atoms with E-state index in [1.807, 2.05) is 61.7 Å². The second kappa shape index (κ2) is 7.52. The first-order valence-corrected chi connectivity index (χ1v) is 9.82. The lowest BCUT2D eigenvalue weighted by Gasteiger charge is -2.12. The van der Waals surface area contributed by atoms with Gasteiger partial charge in [-0.2, -0.15) is 0 Å². The summed E-state index contributed by atoms with van der Waals surface area (Å²) in [5, 5.41) is 2.00. The normalized spacial score (nSPS) is 14.1. The zero-order chi connectivity index (χ0) is 19.7. The fourth-order valence-electron chi connectivity index (χ4n) is 3.06. The summed E-state index contributed by atoms with van der Waals surface area (Å²) in [7, 11) is 1.64. The van der Waals surface area contributed by atoms with Crippen molar-refractivity contribution in [3.05, 3.63) is 80.7 Å². The van der Waals surface area contributed by atoms with Crippen molar-refractivity contribution >= 4 is 23.2 Å². The number of carbonyl (C=O) groups excluding carboxylic acids is 1. The maximum absolute atomic E-state index is 12.7. The summed E-state index contributed by atoms with van der Waals surface area (Å²) in [5.74, 6) is 2.36. The summed E-state index contributed by atoms with van der Waals surface area (Å²) < 4.78 is 17.1. The van der Waals surface area contributed by atoms with Crippen LogP contribution in [0.3, 0.4) is 0 Å². The number of thiophene rings is 1. The van der Waals surface area contributed by atoms with Gasteiger partial charge in [-0.15, -0.1) is 11.3 Å². The first-order valence-electron chi connectivity index (χ1n) is 8.94. The van der Waals surface area contributed by atoms with E-state index in [-0.39, 0.29) is 5.78 Å². The Morgan fingerprint density at radius 2 is 1.86 bits per heavy atom. The van der Waals surface area contributed by atoms with Gasteiger partial charge in [-0.3, -0.25) is 4.79 Å². The lowest BCUT2D eigenvalue weighted by Crippen LogP contribution is -1.98. The average Bonchev–Trinajstić information content (AvgIpc) is 3.26. The number of aryl methyl sites for hydroxylation is 1. The third kappa shape index (κ3) is 3.41. The van der Waals surface area contributed by atoms with E-state index in [0.717, 1.165) is 27.3 Å². The number of ketones is 1. The Bertz CT molecular complexity index is 1060. The molecule has 3 aromatic rings. The number of ether oxygens (including phenoxy) is 3. The summed E-state index contributed by atoms with van der Waals surface area (Å²) in [6.45, 7) is 4.36. The van der Waals surface area contributed by atoms with Gasteiger partial charge in [0.15, 0.2) is 5.76 Å². The van der Waals surface area contributed by atoms with Crippen LogP contribution >= 0.6 is 11.3 Å². The van der Waals surface area contributed by atoms with Gasteiger partial charge in [0.2, 0.25) is 5.78 Å². The van der Waals surface area contributed by atoms with Crippen LogP contribution in [0.2, 0.25) is 0 Å². The molecule has 0 spiro atoms. The van der Waals surface area contributed by atoms with E-state index in [1.54, 1.807) is 24.5 Å². The van der Waals surface area contributed by atoms with Crippen LogP contribution in [0.4, 0.5) is 0 Å². The van der Waals surface area contributed by atoms with Gasteiger partial charge in [0.25, 0.3) is 0 Å². The maximum atomic E-state index is 12.7. The molecule has 28 heavy (non-hydrogen) atoms. The molecule has 0 saturated carbocycles. The average molecular weight is 392 g/mol. The molecule has 0 aliphatic carbocycles. The quantitative estimate of drug-likeness (QED) is 0.533. The Kier molecular flexibility index (Phi) is 4.92. The van der Waals surface area contributed by atoms with Gasteiger partial charge in [-0.25, -0.2) is 0 Å². The first-order chi connectivity index (χ1) is 13.6. The van der Waals surface area contributed by atoms with Crippen molar-refractivity contribution in [2.45, 2.75) is 20.5 Å². The minimum atomic E-state index is -0.0902. The van der Waals surface area contributed by atoms with E-state index < -0.39 is 0 Å². The van der Waals surface area contributed by atoms with E-state index in [1.165, 1.54) is 0 Å². The standard InChI is InChI=1S/C23H20O4S/c1-14-10-11-28-21(14)12-20-22(24)18-8-9-19(15(2)23(18)27-20)26-13-16-4-6-17(25-3)7-5-16/h4-12H,13H2,1-3H3/b20-12-. The Morgan fingerprint density at radius 1 is 1.07 bits per heavy atom. The number of carbonyl (C=O) groups is 1. The van der Waals surface area contributed by atoms with Crippen molar-refractivity contribution in [2.75, 3.05) is 7.11 Å². The molecular weight excluding hydrogens is 372 g/mol. The molecule has 0 amide bonds. The number of allylic oxidation sites excluding steroid dienone is 1. The maximum Gasteiger partial charge on any atom is 0.232 e. The zero-order valence-electron chi connectivity index (χ0n) is 15.9. The van der Waals surface area contributed by atoms with Crippen LogP contribution in [0.15, 0.2) is 53.6 Å². The SMILES string of the molecule is COc1ccc(COc2ccc3c(c2C)O/C(=C\c2sccc2C)C3=O)cc1. The van der Waals surface area contributed by atoms with Crippen molar-refractivity contribution in [1.29, 1.82) is 0 Å². The Hall–Kier alpha value is -3.05. The smallest absolute Gasteiger partial charge is 0.232 e. The van der Waals surface area contributed by atoms with E-state index in [2.05, 4.69) is 0 Å². The highest BCUT2D eigenvalue weighted by molar-refractivity contribution is 7.11. The number of methoxy groups -OCH3 is 1. The molecule has 1 aliphatic heterocycles. The fourth-order valence-corrected chi connectivity index (χ4v) is 3.91. The predicted molar refractivity (Wildman–Crippen MR) is 110 cm³/mol. The molecule has 0 radical (unpaired) electrons. The summed E-state index contributed by atoms with van der Waals surface area (Å²) in [6, 6.07) is 13.4. The number of Topliss-reactive ketones (excluding diaryl/α,β-unsaturated/α-hetero) is 1. The molecule has 142 valence electrons. The zero-order valence-corrected chi connectivity index (χ0v) is 16.8. The molecule has 0 atom stereocenters. The molecule has 0 unspecified atom stereocenters. The van der Waals surface area contributed by atoms with Crippen molar-refractivity contribution in [1.82, 2.24) is 0 Å². The number of benzene rings is 2. The highest BCUT2D eigenvalue weighted by atomic mass is 32.1. The van der Waals surface area contributed by atoms with Crippen LogP contribution in [0.5, 0.6) is 17.2 Å². The highest BCUT2D eigenvalue weighted by Gasteiger charge is 2.30. The molecule has 1 aromatic heterocycles. The van der Waals surface area contributed by atoms with Gasteiger partial charge in [0, 0.05) is 16.5 Å². The highest BCUT2D eigenvalue weighted by Crippen LogP contribution is 2.40. The summed E-state index contributed by atoms with van der Waals surface area (Å²) in [4.78, 5) is 13.7. The minimum absolute atomic E-state index is 0.0902. The summed E-state index contributed by atoms with van der Waals surface area (Å²) in [6.07, 6.45) is 1.82. The third-order valence-corrected chi connectivity index (χ3v) is 5.72. The van der Waals surface area contributed by atoms with Gasteiger partial charge in [0.05, 0.1) is 12.7 Å². The van der Waals surface area contributed by atoms with E-state index in [0.29, 0.717) is 29.4 Å². The molecule has 0 N–H and O–H groups in total. The second-order valence-electron chi connectivity index (χ2n) is 6.61. The van der Waals surface area contributed by atoms with Crippen LogP contribution in [0.25, 0.3) is 6.08 Å². The number of fused-ring (bicyclic) bond motifs is 1. The van der Waals surface area contributed by atoms with Crippen molar-refractivity contribution in [3.8, 4) is 17.2 Å². The predicted octanol–water partition coefficient (Wildman–Crippen LogP) is 5.57. The molecule has 4 rings (SSSR count). The monoisotopic (exact) mass is 392 g/mol. The molecule has 5 heteroatoms. The minimum Gasteiger partial charge on any atom is -0.497 e. The van der Waals surface area contributed by atoms with Gasteiger partial charge in [-0.1, -0.05) is 12.1 Å². The van der Waals surface area contributed by atoms with Crippen molar-refractivity contribution < 1.29 is 19.0 Å². The van der Waals surface area contributed by atoms with Crippen LogP contribution < -0.4 is 14.2 Å². The largest absolute Gasteiger partial charge is 0.497 e. The summed E-state index contributed by atoms with van der Waals surface area (Å²) >= 11 is 1.59. The second-order valence-corrected chi connectivity index (χ2v) is 7.56. The van der Waals surface area contributed by atoms with E-state index in [4.69, 9.17) is 14.2 Å². The Balaban J connectivity index is 1.54. The molecular formula is C23H20O4S. The van der Waals surface area contributed by atoms with Crippen LogP contribution in [0, 0.1) is 13.8 Å². The topological polar surface area (TPSA) is 44.8 Å². The van der Waals surface area contributed by atoms with E-state index >= 15 is 0 Å². The molecule has 1 aliphatic rings. The van der Waals surface area contributed by atoms with Crippen LogP contribution in [0.1, 0.15) is 31.9 Å². The van der Waals surface area contributed by atoms with Gasteiger partial charge in [0.1, 0.15) is 23.9 Å². The summed E-state index contributed by atoms with van der Waals surface area (Å²) in [5.41, 5.74) is 3.57. The number of hydrogen-bond donors (Lipinski definition) is 0. The van der Waals surface area contributed by atoms with Crippen molar-refractivity contribution in [2.24, 2.45) is 0 Å². The van der Waals surface area contributed by atoms with E-state index in [9.17, 15) is 4.79 Å². The van der Waals surface area contributed by atoms with Gasteiger partial charge >= 0.3 is 0 Å². The van der Waals surface area contributed by atoms with Gasteiger partial charge in [-0.05, 0) is 60.7 Å².